The van der Waals surface area contributed by atoms with Gasteiger partial charge in [-0.25, -0.2) is 19.0 Å². The highest BCUT2D eigenvalue weighted by Crippen LogP contribution is 2.34. The summed E-state index contributed by atoms with van der Waals surface area (Å²) < 4.78 is 29.1. The molecule has 164 valence electrons. The van der Waals surface area contributed by atoms with Crippen LogP contribution in [0.4, 0.5) is 4.39 Å². The van der Waals surface area contributed by atoms with E-state index in [1.807, 2.05) is 18.4 Å². The van der Waals surface area contributed by atoms with Crippen LogP contribution in [0.1, 0.15) is 25.4 Å². The molecule has 0 aliphatic carbocycles. The zero-order valence-corrected chi connectivity index (χ0v) is 17.7. The fourth-order valence-electron chi connectivity index (χ4n) is 3.86. The molecule has 0 spiro atoms. The van der Waals surface area contributed by atoms with E-state index < -0.39 is 5.60 Å². The third kappa shape index (κ3) is 3.16. The van der Waals surface area contributed by atoms with Crippen molar-refractivity contribution in [1.29, 1.82) is 0 Å². The summed E-state index contributed by atoms with van der Waals surface area (Å²) in [6, 6.07) is 8.12. The Morgan fingerprint density at radius 3 is 2.94 bits per heavy atom. The van der Waals surface area contributed by atoms with Gasteiger partial charge in [0.25, 0.3) is 5.89 Å². The molecule has 0 radical (unpaired) electrons. The van der Waals surface area contributed by atoms with Crippen LogP contribution >= 0.6 is 0 Å². The summed E-state index contributed by atoms with van der Waals surface area (Å²) in [6.45, 7) is 4.01. The van der Waals surface area contributed by atoms with Gasteiger partial charge in [-0.2, -0.15) is 10.1 Å². The lowest BCUT2D eigenvalue weighted by Crippen LogP contribution is -2.25. The fourth-order valence-corrected chi connectivity index (χ4v) is 3.86. The third-order valence-electron chi connectivity index (χ3n) is 5.40. The van der Waals surface area contributed by atoms with Crippen LogP contribution in [0.3, 0.4) is 0 Å². The summed E-state index contributed by atoms with van der Waals surface area (Å²) in [4.78, 5) is 17.5. The molecule has 1 aliphatic heterocycles. The van der Waals surface area contributed by atoms with Crippen molar-refractivity contribution in [3.63, 3.8) is 0 Å². The smallest absolute Gasteiger partial charge is 0.270 e. The Kier molecular flexibility index (Phi) is 4.12. The van der Waals surface area contributed by atoms with Crippen LogP contribution in [0.15, 0.2) is 59.9 Å². The van der Waals surface area contributed by atoms with E-state index >= 15 is 0 Å². The van der Waals surface area contributed by atoms with E-state index in [1.54, 1.807) is 41.6 Å². The maximum atomic E-state index is 14.0. The highest BCUT2D eigenvalue weighted by Gasteiger charge is 2.32. The maximum absolute atomic E-state index is 14.0. The van der Waals surface area contributed by atoms with Gasteiger partial charge < -0.3 is 9.26 Å². The number of hydrogen-bond acceptors (Lipinski definition) is 8. The number of nitrogens with zero attached hydrogens (tertiary/aromatic N) is 8. The average Bonchev–Trinajstić information content (AvgIpc) is 3.53. The summed E-state index contributed by atoms with van der Waals surface area (Å²) in [6.07, 6.45) is 6.38. The lowest BCUT2D eigenvalue weighted by molar-refractivity contribution is 0.0688. The Morgan fingerprint density at radius 2 is 2.09 bits per heavy atom. The highest BCUT2D eigenvalue weighted by atomic mass is 19.1. The first kappa shape index (κ1) is 19.3. The van der Waals surface area contributed by atoms with Crippen molar-refractivity contribution < 1.29 is 13.7 Å². The predicted molar refractivity (Wildman–Crippen MR) is 113 cm³/mol. The number of fused-ring (bicyclic) bond motifs is 5. The highest BCUT2D eigenvalue weighted by molar-refractivity contribution is 5.70. The predicted octanol–water partition coefficient (Wildman–Crippen LogP) is 3.39. The first-order valence-corrected chi connectivity index (χ1v) is 10.2. The Balaban J connectivity index is 1.41. The van der Waals surface area contributed by atoms with Crippen LogP contribution in [0.5, 0.6) is 5.75 Å². The standard InChI is InChI=1S/C22H17FN8O2/c1-22(2,32-14-4-3-7-24-9-14)21-28-19(29-33-21)18-17-10-31-20(25-11-27-31)15-8-13(23)5-6-16(15)30(17)12-26-18/h3-9,11-12H,10H2,1-2H3. The fraction of sp³-hybridized carbons (Fsp3) is 0.182. The molecule has 6 rings (SSSR count). The molecule has 5 aromatic rings. The van der Waals surface area contributed by atoms with Gasteiger partial charge in [0.15, 0.2) is 11.4 Å². The summed E-state index contributed by atoms with van der Waals surface area (Å²) >= 11 is 0. The molecule has 0 atom stereocenters. The Bertz CT molecular complexity index is 1470. The minimum atomic E-state index is -0.895. The number of aromatic nitrogens is 8. The topological polar surface area (TPSA) is 110 Å². The zero-order chi connectivity index (χ0) is 22.6. The molecule has 0 amide bonds. The minimum absolute atomic E-state index is 0.292. The van der Waals surface area contributed by atoms with E-state index in [4.69, 9.17) is 9.26 Å². The van der Waals surface area contributed by atoms with Gasteiger partial charge in [0.1, 0.15) is 29.9 Å². The molecule has 0 bridgehead atoms. The second-order valence-electron chi connectivity index (χ2n) is 8.04. The lowest BCUT2D eigenvalue weighted by atomic mass is 10.1. The molecule has 4 aromatic heterocycles. The molecule has 11 heteroatoms. The average molecular weight is 444 g/mol. The summed E-state index contributed by atoms with van der Waals surface area (Å²) in [5.41, 5.74) is 1.76. The van der Waals surface area contributed by atoms with Crippen LogP contribution in [0.2, 0.25) is 0 Å². The van der Waals surface area contributed by atoms with E-state index in [0.717, 1.165) is 11.4 Å². The van der Waals surface area contributed by atoms with Crippen LogP contribution in [0, 0.1) is 5.82 Å². The van der Waals surface area contributed by atoms with Gasteiger partial charge in [-0.3, -0.25) is 9.55 Å². The van der Waals surface area contributed by atoms with Gasteiger partial charge in [0.05, 0.1) is 24.1 Å². The van der Waals surface area contributed by atoms with E-state index in [-0.39, 0.29) is 5.82 Å². The van der Waals surface area contributed by atoms with Crippen LogP contribution in [0.25, 0.3) is 28.6 Å². The van der Waals surface area contributed by atoms with Gasteiger partial charge in [0.2, 0.25) is 5.82 Å². The van der Waals surface area contributed by atoms with Crippen molar-refractivity contribution in [3.05, 3.63) is 72.8 Å². The number of hydrogen-bond donors (Lipinski definition) is 0. The largest absolute Gasteiger partial charge is 0.476 e. The van der Waals surface area contributed by atoms with Gasteiger partial charge in [0, 0.05) is 11.8 Å². The van der Waals surface area contributed by atoms with Crippen molar-refractivity contribution >= 4 is 0 Å². The molecule has 0 N–H and O–H groups in total. The minimum Gasteiger partial charge on any atom is -0.476 e. The number of halogens is 1. The van der Waals surface area contributed by atoms with E-state index in [0.29, 0.717) is 41.1 Å². The molecule has 0 fully saturated rings. The van der Waals surface area contributed by atoms with Gasteiger partial charge in [-0.1, -0.05) is 5.16 Å². The summed E-state index contributed by atoms with van der Waals surface area (Å²) in [5.74, 6) is 1.40. The van der Waals surface area contributed by atoms with Crippen molar-refractivity contribution in [2.24, 2.45) is 0 Å². The molecule has 0 unspecified atom stereocenters. The molecule has 0 saturated heterocycles. The number of pyridine rings is 1. The molecule has 1 aliphatic rings. The molecular weight excluding hydrogens is 427 g/mol. The van der Waals surface area contributed by atoms with E-state index in [1.165, 1.54) is 18.5 Å². The molecule has 1 aromatic carbocycles. The van der Waals surface area contributed by atoms with Gasteiger partial charge in [-0.05, 0) is 44.2 Å². The maximum Gasteiger partial charge on any atom is 0.270 e. The first-order chi connectivity index (χ1) is 16.0. The second kappa shape index (κ2) is 7.05. The van der Waals surface area contributed by atoms with Crippen molar-refractivity contribution in [2.75, 3.05) is 0 Å². The van der Waals surface area contributed by atoms with E-state index in [9.17, 15) is 4.39 Å². The van der Waals surface area contributed by atoms with Crippen LogP contribution in [-0.2, 0) is 12.1 Å². The third-order valence-corrected chi connectivity index (χ3v) is 5.40. The van der Waals surface area contributed by atoms with Crippen molar-refractivity contribution in [2.45, 2.75) is 26.0 Å². The molecule has 0 saturated carbocycles. The van der Waals surface area contributed by atoms with Crippen LogP contribution in [-0.4, -0.2) is 39.4 Å². The lowest BCUT2D eigenvalue weighted by Gasteiger charge is -2.21. The normalized spacial score (nSPS) is 12.6. The number of rotatable bonds is 4. The quantitative estimate of drug-likeness (QED) is 0.407. The first-order valence-electron chi connectivity index (χ1n) is 10.2. The number of benzene rings is 1. The number of imidazole rings is 1. The monoisotopic (exact) mass is 444 g/mol. The van der Waals surface area contributed by atoms with Crippen LogP contribution < -0.4 is 4.74 Å². The molecule has 10 nitrogen and oxygen atoms in total. The summed E-state index contributed by atoms with van der Waals surface area (Å²) in [7, 11) is 0. The van der Waals surface area contributed by atoms with Crippen molar-refractivity contribution in [1.82, 2.24) is 39.4 Å². The zero-order valence-electron chi connectivity index (χ0n) is 17.7. The van der Waals surface area contributed by atoms with E-state index in [2.05, 4.69) is 30.2 Å². The van der Waals surface area contributed by atoms with Gasteiger partial charge >= 0.3 is 0 Å². The second-order valence-corrected chi connectivity index (χ2v) is 8.04. The Labute approximate surface area is 186 Å². The SMILES string of the molecule is CC(C)(Oc1cccnc1)c1nc(-c2ncn3c2Cn2ncnc2-c2cc(F)ccc2-3)no1. The Hall–Kier alpha value is -4.41. The Morgan fingerprint density at radius 1 is 1.18 bits per heavy atom. The number of ether oxygens (including phenoxy) is 1. The molecule has 5 heterocycles. The van der Waals surface area contributed by atoms with Gasteiger partial charge in [-0.15, -0.1) is 0 Å². The molecular formula is C22H17FN8O2. The summed E-state index contributed by atoms with van der Waals surface area (Å²) in [5, 5.41) is 8.46. The van der Waals surface area contributed by atoms with Crippen molar-refractivity contribution in [3.8, 4) is 34.3 Å². The molecule has 33 heavy (non-hydrogen) atoms.